The van der Waals surface area contributed by atoms with E-state index in [0.717, 1.165) is 0 Å². The maximum atomic E-state index is 8.46. The van der Waals surface area contributed by atoms with Crippen molar-refractivity contribution in [3.8, 4) is 0 Å². The van der Waals surface area contributed by atoms with Crippen LogP contribution in [0.15, 0.2) is 0 Å². The van der Waals surface area contributed by atoms with Gasteiger partial charge in [-0.1, -0.05) is 0 Å². The van der Waals surface area contributed by atoms with Crippen LogP contribution in [0.4, 0.5) is 0 Å². The second-order valence-corrected chi connectivity index (χ2v) is 1.73. The van der Waals surface area contributed by atoms with Crippen molar-refractivity contribution in [2.75, 3.05) is 0 Å². The summed E-state index contributed by atoms with van der Waals surface area (Å²) >= 11 is -10.5. The van der Waals surface area contributed by atoms with Gasteiger partial charge < -0.3 is 0 Å². The molecule has 12 nitrogen and oxygen atoms in total. The number of hydrogen-bond donors (Lipinski definition) is 0. The van der Waals surface area contributed by atoms with Gasteiger partial charge in [-0.3, -0.25) is 0 Å². The van der Waals surface area contributed by atoms with Crippen molar-refractivity contribution in [1.29, 1.82) is 0 Å². The molecule has 0 rings (SSSR count). The average molecular weight is 409 g/mol. The zero-order valence-corrected chi connectivity index (χ0v) is 16.8. The van der Waals surface area contributed by atoms with Crippen molar-refractivity contribution in [2.45, 2.75) is 0 Å². The standard InChI is InChI=1S/6Al.Mn.12O/q;;;;;;+6;;;;;;;6*-1. The molecule has 19 heavy (non-hydrogen) atoms. The zero-order valence-electron chi connectivity index (χ0n) is 8.74. The third-order valence-electron chi connectivity index (χ3n) is 0. The van der Waals surface area contributed by atoms with Gasteiger partial charge in [0.1, 0.15) is 0 Å². The molecule has 19 heteroatoms. The van der Waals surface area contributed by atoms with Crippen LogP contribution in [-0.2, 0) is 39.9 Å². The summed E-state index contributed by atoms with van der Waals surface area (Å²) < 4.78 is 101. The number of hydrogen-bond acceptors (Lipinski definition) is 12. The summed E-state index contributed by atoms with van der Waals surface area (Å²) in [6.45, 7) is 0. The molecule has 0 aliphatic rings. The van der Waals surface area contributed by atoms with E-state index in [-0.39, 0.29) is 17.1 Å². The molecule has 0 atom stereocenters. The third kappa shape index (κ3) is 3350. The normalized spacial score (nSPS) is 2.53. The topological polar surface area (TPSA) is 241 Å². The van der Waals surface area contributed by atoms with Crippen LogP contribution in [0.1, 0.15) is 0 Å². The van der Waals surface area contributed by atoms with Crippen molar-refractivity contribution in [3.05, 3.63) is 0 Å². The van der Waals surface area contributed by atoms with Crippen LogP contribution in [0.2, 0.25) is 0 Å². The average Bonchev–Trinajstić information content (AvgIpc) is 2.23. The molecule has 0 aromatic heterocycles. The van der Waals surface area contributed by atoms with Crippen LogP contribution in [0, 0.1) is 0 Å². The molecule has 0 aromatic carbocycles. The van der Waals surface area contributed by atoms with Crippen molar-refractivity contribution in [1.82, 2.24) is 0 Å². The maximum absolute atomic E-state index is 8.46. The minimum absolute atomic E-state index is 0. The summed E-state index contributed by atoms with van der Waals surface area (Å²) in [6.07, 6.45) is 0. The molecular formula is Al6MnO12. The van der Waals surface area contributed by atoms with Gasteiger partial charge in [-0.15, -0.1) is 0 Å². The van der Waals surface area contributed by atoms with Crippen molar-refractivity contribution >= 4 is 92.9 Å². The second-order valence-electron chi connectivity index (χ2n) is 0.577. The monoisotopic (exact) mass is 409 g/mol. The predicted molar refractivity (Wildman–Crippen MR) is 38.6 cm³/mol. The van der Waals surface area contributed by atoms with Gasteiger partial charge in [0.25, 0.3) is 0 Å². The molecule has 0 bridgehead atoms. The van der Waals surface area contributed by atoms with E-state index in [4.69, 9.17) is 47.8 Å². The van der Waals surface area contributed by atoms with Gasteiger partial charge >= 0.3 is 158 Å². The summed E-state index contributed by atoms with van der Waals surface area (Å²) in [5.41, 5.74) is 0. The third-order valence-corrected chi connectivity index (χ3v) is 0. The van der Waals surface area contributed by atoms with E-state index in [2.05, 4.69) is 0 Å². The van der Waals surface area contributed by atoms with E-state index in [0.29, 0.717) is 0 Å². The van der Waals surface area contributed by atoms with Crippen molar-refractivity contribution in [3.63, 3.8) is 0 Å². The van der Waals surface area contributed by atoms with E-state index in [1.54, 1.807) is 0 Å². The Bertz CT molecular complexity index is 114. The molecule has 0 unspecified atom stereocenters. The van der Waals surface area contributed by atoms with Gasteiger partial charge in [0.2, 0.25) is 0 Å². The summed E-state index contributed by atoms with van der Waals surface area (Å²) in [4.78, 5) is 0. The molecule has 1 radical (unpaired) electrons. The summed E-state index contributed by atoms with van der Waals surface area (Å²) in [7, 11) is 0. The first-order chi connectivity index (χ1) is 8.49. The zero-order chi connectivity index (χ0) is 16.2. The molecule has 0 amide bonds. The van der Waals surface area contributed by atoms with Crippen LogP contribution >= 0.6 is 0 Å². The van der Waals surface area contributed by atoms with Gasteiger partial charge in [0.05, 0.1) is 0 Å². The fourth-order valence-corrected chi connectivity index (χ4v) is 0. The van der Waals surface area contributed by atoms with Crippen LogP contribution in [0.3, 0.4) is 0 Å². The van der Waals surface area contributed by atoms with E-state index in [9.17, 15) is 0 Å². The van der Waals surface area contributed by atoms with Gasteiger partial charge in [-0.2, -0.15) is 0 Å². The van der Waals surface area contributed by atoms with Crippen LogP contribution in [0.25, 0.3) is 0 Å². The van der Waals surface area contributed by atoms with Gasteiger partial charge in [-0.25, -0.2) is 0 Å². The molecule has 0 aromatic rings. The fraction of sp³-hybridized carbons (Fsp3) is 0. The summed E-state index contributed by atoms with van der Waals surface area (Å²) in [5, 5.41) is 0. The first-order valence-electron chi connectivity index (χ1n) is 2.83. The molecular weight excluding hydrogens is 409 g/mol. The molecule has 0 heterocycles. The second kappa shape index (κ2) is 121. The van der Waals surface area contributed by atoms with E-state index in [1.165, 1.54) is 0 Å². The Balaban J connectivity index is -0.0000000180. The van der Waals surface area contributed by atoms with Gasteiger partial charge in [0.15, 0.2) is 0 Å². The first-order valence-corrected chi connectivity index (χ1v) is 8.49. The molecule has 0 aliphatic carbocycles. The molecule has 0 saturated carbocycles. The molecule has 0 spiro atoms. The molecule has 0 N–H and O–H groups in total. The molecule has 0 aliphatic heterocycles. The Morgan fingerprint density at radius 1 is 0.368 bits per heavy atom. The first kappa shape index (κ1) is 42.7. The minimum atomic E-state index is -1.75. The van der Waals surface area contributed by atoms with Crippen molar-refractivity contribution in [2.24, 2.45) is 0 Å². The van der Waals surface area contributed by atoms with Crippen LogP contribution in [-0.4, -0.2) is 92.9 Å². The molecule has 0 saturated heterocycles. The van der Waals surface area contributed by atoms with Crippen LogP contribution < -0.4 is 24.9 Å². The fourth-order valence-electron chi connectivity index (χ4n) is 0. The quantitative estimate of drug-likeness (QED) is 0.339. The number of rotatable bonds is 0. The van der Waals surface area contributed by atoms with E-state index < -0.39 is 92.9 Å². The van der Waals surface area contributed by atoms with Crippen molar-refractivity contribution < 1.29 is 64.8 Å². The SMILES string of the molecule is [Mn+6].[O]=[Al][O-].[O]=[Al][O-].[O]=[Al][O-].[O]=[Al][O-].[O]=[Al][O-].[O]=[Al][O-]. The Morgan fingerprint density at radius 2 is 0.368 bits per heavy atom. The molecule has 97 valence electrons. The Labute approximate surface area is 156 Å². The van der Waals surface area contributed by atoms with E-state index >= 15 is 0 Å². The van der Waals surface area contributed by atoms with Crippen LogP contribution in [0.5, 0.6) is 0 Å². The summed E-state index contributed by atoms with van der Waals surface area (Å²) in [5.74, 6) is 0. The Hall–Kier alpha value is 1.31. The Morgan fingerprint density at radius 3 is 0.368 bits per heavy atom. The van der Waals surface area contributed by atoms with Gasteiger partial charge in [0, 0.05) is 0 Å². The van der Waals surface area contributed by atoms with E-state index in [1.807, 2.05) is 0 Å². The van der Waals surface area contributed by atoms with Gasteiger partial charge in [-0.05, 0) is 0 Å². The molecule has 0 fully saturated rings. The Kier molecular flexibility index (Phi) is 272. The summed E-state index contributed by atoms with van der Waals surface area (Å²) in [6, 6.07) is 0. The predicted octanol–water partition coefficient (Wildman–Crippen LogP) is -10.1.